The molecule has 1 saturated heterocycles. The molecule has 2 aromatic rings. The number of hydrogen-bond donors (Lipinski definition) is 2. The third kappa shape index (κ3) is 4.48. The third-order valence-electron chi connectivity index (χ3n) is 6.19. The molecule has 0 radical (unpaired) electrons. The Morgan fingerprint density at radius 1 is 0.848 bits per heavy atom. The van der Waals surface area contributed by atoms with Crippen LogP contribution in [-0.4, -0.2) is 56.2 Å². The highest BCUT2D eigenvalue weighted by molar-refractivity contribution is 6.30. The number of hydrogen-bond acceptors (Lipinski definition) is 5. The molecule has 0 saturated carbocycles. The minimum absolute atomic E-state index is 0.260. The van der Waals surface area contributed by atoms with E-state index in [2.05, 4.69) is 15.5 Å². The van der Waals surface area contributed by atoms with E-state index in [0.717, 1.165) is 55.1 Å². The fourth-order valence-electron chi connectivity index (χ4n) is 4.31. The number of carbonyl (C=O) groups is 2. The number of amides is 2. The lowest BCUT2D eigenvalue weighted by Gasteiger charge is -2.26. The van der Waals surface area contributed by atoms with Crippen LogP contribution in [0.3, 0.4) is 0 Å². The number of rotatable bonds is 7. The smallest absolute Gasteiger partial charge is 0.258 e. The van der Waals surface area contributed by atoms with Crippen molar-refractivity contribution in [2.24, 2.45) is 0 Å². The Labute approximate surface area is 193 Å². The van der Waals surface area contributed by atoms with Gasteiger partial charge in [0.05, 0.1) is 49.0 Å². The summed E-state index contributed by atoms with van der Waals surface area (Å²) in [7, 11) is 0. The summed E-state index contributed by atoms with van der Waals surface area (Å²) in [5, 5.41) is 5.78. The monoisotopic (exact) mass is 445 g/mol. The molecule has 3 aliphatic rings. The Morgan fingerprint density at radius 2 is 1.39 bits per heavy atom. The van der Waals surface area contributed by atoms with E-state index < -0.39 is 0 Å². The summed E-state index contributed by atoms with van der Waals surface area (Å²) in [5.74, 6) is -0.520. The molecule has 33 heavy (non-hydrogen) atoms. The van der Waals surface area contributed by atoms with Crippen LogP contribution in [-0.2, 0) is 25.7 Å². The van der Waals surface area contributed by atoms with Crippen LogP contribution in [0.1, 0.15) is 22.3 Å². The third-order valence-corrected chi connectivity index (χ3v) is 6.19. The zero-order valence-electron chi connectivity index (χ0n) is 18.6. The van der Waals surface area contributed by atoms with Gasteiger partial charge >= 0.3 is 0 Å². The van der Waals surface area contributed by atoms with Gasteiger partial charge in [-0.05, 0) is 23.6 Å². The van der Waals surface area contributed by atoms with Crippen LogP contribution in [0.2, 0.25) is 0 Å². The molecule has 2 aromatic carbocycles. The summed E-state index contributed by atoms with van der Waals surface area (Å²) >= 11 is 0. The van der Waals surface area contributed by atoms with Crippen molar-refractivity contribution in [3.05, 3.63) is 81.9 Å². The van der Waals surface area contributed by atoms with Gasteiger partial charge in [-0.3, -0.25) is 14.5 Å². The van der Waals surface area contributed by atoms with Gasteiger partial charge in [0.1, 0.15) is 0 Å². The minimum atomic E-state index is -0.260. The molecule has 0 spiro atoms. The lowest BCUT2D eigenvalue weighted by Crippen LogP contribution is -2.38. The molecule has 5 rings (SSSR count). The van der Waals surface area contributed by atoms with E-state index in [0.29, 0.717) is 35.8 Å². The van der Waals surface area contributed by atoms with Crippen LogP contribution < -0.4 is 10.6 Å². The summed E-state index contributed by atoms with van der Waals surface area (Å²) < 4.78 is 11.2. The van der Waals surface area contributed by atoms with E-state index in [4.69, 9.17) is 9.47 Å². The topological polar surface area (TPSA) is 79.9 Å². The highest BCUT2D eigenvalue weighted by Gasteiger charge is 2.40. The summed E-state index contributed by atoms with van der Waals surface area (Å²) in [6.07, 6.45) is 0. The normalized spacial score (nSPS) is 18.6. The van der Waals surface area contributed by atoms with Gasteiger partial charge in [-0.2, -0.15) is 0 Å². The zero-order chi connectivity index (χ0) is 22.8. The lowest BCUT2D eigenvalue weighted by atomic mass is 10.0. The van der Waals surface area contributed by atoms with Gasteiger partial charge in [-0.1, -0.05) is 54.1 Å². The van der Waals surface area contributed by atoms with Crippen molar-refractivity contribution in [3.8, 4) is 0 Å². The van der Waals surface area contributed by atoms with E-state index >= 15 is 0 Å². The van der Waals surface area contributed by atoms with E-state index in [-0.39, 0.29) is 11.8 Å². The van der Waals surface area contributed by atoms with Gasteiger partial charge in [0.15, 0.2) is 0 Å². The van der Waals surface area contributed by atoms with Crippen molar-refractivity contribution in [1.29, 1.82) is 0 Å². The highest BCUT2D eigenvalue weighted by Crippen LogP contribution is 2.37. The van der Waals surface area contributed by atoms with Crippen LogP contribution >= 0.6 is 0 Å². The summed E-state index contributed by atoms with van der Waals surface area (Å²) in [6.45, 7) is 7.58. The second kappa shape index (κ2) is 9.31. The molecule has 1 fully saturated rings. The van der Waals surface area contributed by atoms with Crippen LogP contribution in [0.4, 0.5) is 0 Å². The van der Waals surface area contributed by atoms with E-state index in [1.807, 2.05) is 55.5 Å². The molecule has 7 nitrogen and oxygen atoms in total. The number of aryl methyl sites for hydroxylation is 1. The molecule has 0 bridgehead atoms. The Hall–Kier alpha value is -3.26. The second-order valence-electron chi connectivity index (χ2n) is 8.48. The Bertz CT molecular complexity index is 1130. The number of fused-ring (bicyclic) bond motifs is 1. The summed E-state index contributed by atoms with van der Waals surface area (Å²) in [4.78, 5) is 27.9. The van der Waals surface area contributed by atoms with Crippen molar-refractivity contribution in [2.75, 3.05) is 39.5 Å². The van der Waals surface area contributed by atoms with Gasteiger partial charge in [-0.25, -0.2) is 0 Å². The average Bonchev–Trinajstić information content (AvgIpc) is 3.36. The molecule has 0 atom stereocenters. The molecule has 3 aliphatic heterocycles. The largest absolute Gasteiger partial charge is 0.379 e. The average molecular weight is 446 g/mol. The zero-order valence-corrected chi connectivity index (χ0v) is 18.6. The number of nitrogens with zero attached hydrogens (tertiary/aromatic N) is 1. The standard InChI is InChI=1S/C26H27N3O4/c1-17-2-6-19(7-3-17)23-21-22(26(31)27-23)24(28-25(21)30)20-8-4-18(5-9-20)16-33-15-12-29-10-13-32-14-11-29/h2-9H,10-16H2,1H3,(H,27,31)(H,28,30). The quantitative estimate of drug-likeness (QED) is 0.639. The molecule has 7 heteroatoms. The number of carbonyl (C=O) groups excluding carboxylic acids is 2. The van der Waals surface area contributed by atoms with Crippen LogP contribution in [0.25, 0.3) is 11.4 Å². The SMILES string of the molecule is Cc1ccc(C2=C3C(=O)NC(c4ccc(COCCN5CCOCC5)cc4)=C3C(=O)N2)cc1. The van der Waals surface area contributed by atoms with Crippen molar-refractivity contribution in [3.63, 3.8) is 0 Å². The van der Waals surface area contributed by atoms with Crippen molar-refractivity contribution in [1.82, 2.24) is 15.5 Å². The minimum Gasteiger partial charge on any atom is -0.379 e. The Morgan fingerprint density at radius 3 is 1.97 bits per heavy atom. The van der Waals surface area contributed by atoms with Gasteiger partial charge in [0, 0.05) is 19.6 Å². The molecule has 3 heterocycles. The Kier molecular flexibility index (Phi) is 6.09. The first-order chi connectivity index (χ1) is 16.1. The molecular weight excluding hydrogens is 418 g/mol. The molecule has 2 amide bonds. The van der Waals surface area contributed by atoms with Gasteiger partial charge < -0.3 is 20.1 Å². The molecule has 0 aliphatic carbocycles. The first kappa shape index (κ1) is 21.6. The number of benzene rings is 2. The van der Waals surface area contributed by atoms with Crippen molar-refractivity contribution < 1.29 is 19.1 Å². The summed E-state index contributed by atoms with van der Waals surface area (Å²) in [5.41, 5.74) is 5.71. The van der Waals surface area contributed by atoms with Crippen LogP contribution in [0.5, 0.6) is 0 Å². The van der Waals surface area contributed by atoms with Crippen molar-refractivity contribution in [2.45, 2.75) is 13.5 Å². The second-order valence-corrected chi connectivity index (χ2v) is 8.48. The maximum Gasteiger partial charge on any atom is 0.258 e. The van der Waals surface area contributed by atoms with E-state index in [9.17, 15) is 9.59 Å². The van der Waals surface area contributed by atoms with Crippen LogP contribution in [0, 0.1) is 6.92 Å². The molecule has 0 unspecified atom stereocenters. The number of morpholine rings is 1. The molecule has 170 valence electrons. The maximum atomic E-state index is 12.8. The fourth-order valence-corrected chi connectivity index (χ4v) is 4.31. The van der Waals surface area contributed by atoms with Gasteiger partial charge in [0.2, 0.25) is 0 Å². The molecule has 2 N–H and O–H groups in total. The molecule has 0 aromatic heterocycles. The van der Waals surface area contributed by atoms with Crippen LogP contribution in [0.15, 0.2) is 59.7 Å². The maximum absolute atomic E-state index is 12.8. The lowest BCUT2D eigenvalue weighted by molar-refractivity contribution is -0.117. The predicted molar refractivity (Wildman–Crippen MR) is 125 cm³/mol. The molecular formula is C26H27N3O4. The summed E-state index contributed by atoms with van der Waals surface area (Å²) in [6, 6.07) is 15.5. The fraction of sp³-hybridized carbons (Fsp3) is 0.308. The number of nitrogens with one attached hydrogen (secondary N) is 2. The van der Waals surface area contributed by atoms with E-state index in [1.54, 1.807) is 0 Å². The predicted octanol–water partition coefficient (Wildman–Crippen LogP) is 2.23. The Balaban J connectivity index is 1.29. The van der Waals surface area contributed by atoms with Gasteiger partial charge in [-0.15, -0.1) is 0 Å². The van der Waals surface area contributed by atoms with E-state index in [1.165, 1.54) is 0 Å². The first-order valence-corrected chi connectivity index (χ1v) is 11.3. The highest BCUT2D eigenvalue weighted by atomic mass is 16.5. The number of ether oxygens (including phenoxy) is 2. The van der Waals surface area contributed by atoms with Crippen molar-refractivity contribution >= 4 is 23.2 Å². The van der Waals surface area contributed by atoms with Gasteiger partial charge in [0.25, 0.3) is 11.8 Å². The first-order valence-electron chi connectivity index (χ1n) is 11.3.